The molecule has 0 aliphatic rings. The molecule has 0 atom stereocenters. The Hall–Kier alpha value is -3.91. The number of methoxy groups -OCH3 is 1. The maximum atomic E-state index is 13.6. The van der Waals surface area contributed by atoms with Crippen molar-refractivity contribution in [3.05, 3.63) is 94.1 Å². The molecule has 2 heterocycles. The van der Waals surface area contributed by atoms with Crippen molar-refractivity contribution in [1.82, 2.24) is 19.7 Å². The van der Waals surface area contributed by atoms with Crippen LogP contribution < -0.4 is 10.3 Å². The van der Waals surface area contributed by atoms with Gasteiger partial charge in [0.25, 0.3) is 5.56 Å². The number of fused-ring (bicyclic) bond motifs is 1. The number of ether oxygens (including phenoxy) is 1. The van der Waals surface area contributed by atoms with E-state index in [0.29, 0.717) is 39.3 Å². The van der Waals surface area contributed by atoms with Crippen LogP contribution in [0.25, 0.3) is 28.0 Å². The Labute approximate surface area is 200 Å². The van der Waals surface area contributed by atoms with Crippen molar-refractivity contribution in [2.24, 2.45) is 0 Å². The molecular weight excluding hydrogens is 448 g/mol. The zero-order valence-corrected chi connectivity index (χ0v) is 19.8. The molecule has 2 aromatic heterocycles. The number of thioether (sulfide) groups is 1. The Morgan fingerprint density at radius 1 is 0.941 bits per heavy atom. The lowest BCUT2D eigenvalue weighted by Crippen LogP contribution is -2.23. The molecule has 170 valence electrons. The summed E-state index contributed by atoms with van der Waals surface area (Å²) in [5.74, 6) is 1.91. The average Bonchev–Trinajstić information content (AvgIpc) is 3.33. The molecular formula is C26H22N4O3S. The summed E-state index contributed by atoms with van der Waals surface area (Å²) in [6.07, 6.45) is 0. The second-order valence-electron chi connectivity index (χ2n) is 7.79. The third-order valence-electron chi connectivity index (χ3n) is 5.55. The molecule has 0 aliphatic heterocycles. The zero-order chi connectivity index (χ0) is 23.7. The van der Waals surface area contributed by atoms with Gasteiger partial charge in [0.1, 0.15) is 5.75 Å². The van der Waals surface area contributed by atoms with Crippen molar-refractivity contribution in [2.75, 3.05) is 7.11 Å². The average molecular weight is 471 g/mol. The zero-order valence-electron chi connectivity index (χ0n) is 19.0. The number of aryl methyl sites for hydroxylation is 2. The monoisotopic (exact) mass is 470 g/mol. The van der Waals surface area contributed by atoms with Crippen LogP contribution >= 0.6 is 11.8 Å². The predicted octanol–water partition coefficient (Wildman–Crippen LogP) is 5.35. The topological polar surface area (TPSA) is 83.0 Å². The molecule has 0 saturated carbocycles. The molecule has 0 spiro atoms. The SMILES string of the molecule is COc1ccccc1-c1noc(CSc2nc3ccccc3c(=O)n2-c2c(C)cccc2C)n1. The fourth-order valence-corrected chi connectivity index (χ4v) is 4.78. The van der Waals surface area contributed by atoms with E-state index in [1.165, 1.54) is 11.8 Å². The van der Waals surface area contributed by atoms with Crippen LogP contribution in [-0.2, 0) is 5.75 Å². The molecule has 0 saturated heterocycles. The quantitative estimate of drug-likeness (QED) is 0.244. The molecule has 0 bridgehead atoms. The lowest BCUT2D eigenvalue weighted by atomic mass is 10.1. The Balaban J connectivity index is 1.55. The Morgan fingerprint density at radius 2 is 1.68 bits per heavy atom. The molecule has 0 unspecified atom stereocenters. The van der Waals surface area contributed by atoms with Gasteiger partial charge in [0.05, 0.1) is 35.0 Å². The van der Waals surface area contributed by atoms with Crippen LogP contribution in [0.5, 0.6) is 5.75 Å². The first-order chi connectivity index (χ1) is 16.6. The summed E-state index contributed by atoms with van der Waals surface area (Å²) in [7, 11) is 1.61. The van der Waals surface area contributed by atoms with E-state index in [9.17, 15) is 4.79 Å². The van der Waals surface area contributed by atoms with Crippen molar-refractivity contribution >= 4 is 22.7 Å². The molecule has 3 aromatic carbocycles. The third-order valence-corrected chi connectivity index (χ3v) is 6.47. The largest absolute Gasteiger partial charge is 0.496 e. The van der Waals surface area contributed by atoms with E-state index in [1.54, 1.807) is 17.7 Å². The smallest absolute Gasteiger partial charge is 0.266 e. The summed E-state index contributed by atoms with van der Waals surface area (Å²) in [6.45, 7) is 3.99. The minimum Gasteiger partial charge on any atom is -0.496 e. The minimum absolute atomic E-state index is 0.106. The number of nitrogens with zero attached hydrogens (tertiary/aromatic N) is 4. The van der Waals surface area contributed by atoms with E-state index < -0.39 is 0 Å². The second kappa shape index (κ2) is 9.15. The number of para-hydroxylation sites is 3. The van der Waals surface area contributed by atoms with Gasteiger partial charge in [0, 0.05) is 0 Å². The number of benzene rings is 3. The minimum atomic E-state index is -0.106. The number of rotatable bonds is 6. The van der Waals surface area contributed by atoms with Gasteiger partial charge >= 0.3 is 0 Å². The van der Waals surface area contributed by atoms with Crippen LogP contribution in [0.15, 0.2) is 81.2 Å². The summed E-state index contributed by atoms with van der Waals surface area (Å²) < 4.78 is 12.6. The van der Waals surface area contributed by atoms with Gasteiger partial charge in [-0.25, -0.2) is 4.98 Å². The highest BCUT2D eigenvalue weighted by Crippen LogP contribution is 2.30. The maximum absolute atomic E-state index is 13.6. The molecule has 0 radical (unpaired) electrons. The summed E-state index contributed by atoms with van der Waals surface area (Å²) in [5.41, 5.74) is 4.13. The van der Waals surface area contributed by atoms with E-state index in [-0.39, 0.29) is 5.56 Å². The molecule has 0 amide bonds. The van der Waals surface area contributed by atoms with E-state index in [0.717, 1.165) is 22.4 Å². The highest BCUT2D eigenvalue weighted by atomic mass is 32.2. The van der Waals surface area contributed by atoms with Crippen LogP contribution in [0.2, 0.25) is 0 Å². The highest BCUT2D eigenvalue weighted by molar-refractivity contribution is 7.98. The van der Waals surface area contributed by atoms with Crippen LogP contribution in [0.4, 0.5) is 0 Å². The molecule has 34 heavy (non-hydrogen) atoms. The van der Waals surface area contributed by atoms with E-state index >= 15 is 0 Å². The van der Waals surface area contributed by atoms with Crippen LogP contribution in [0.3, 0.4) is 0 Å². The van der Waals surface area contributed by atoms with Crippen molar-refractivity contribution < 1.29 is 9.26 Å². The van der Waals surface area contributed by atoms with Gasteiger partial charge in [-0.15, -0.1) is 0 Å². The van der Waals surface area contributed by atoms with E-state index in [2.05, 4.69) is 10.1 Å². The maximum Gasteiger partial charge on any atom is 0.266 e. The summed E-state index contributed by atoms with van der Waals surface area (Å²) in [5, 5.41) is 5.26. The molecule has 5 rings (SSSR count). The molecule has 7 nitrogen and oxygen atoms in total. The Morgan fingerprint density at radius 3 is 2.47 bits per heavy atom. The summed E-state index contributed by atoms with van der Waals surface area (Å²) in [4.78, 5) is 22.9. The van der Waals surface area contributed by atoms with Gasteiger partial charge in [-0.2, -0.15) is 4.98 Å². The van der Waals surface area contributed by atoms with E-state index in [4.69, 9.17) is 14.2 Å². The van der Waals surface area contributed by atoms with Crippen LogP contribution in [0.1, 0.15) is 17.0 Å². The first-order valence-corrected chi connectivity index (χ1v) is 11.7. The fourth-order valence-electron chi connectivity index (χ4n) is 3.94. The van der Waals surface area contributed by atoms with Crippen molar-refractivity contribution in [3.63, 3.8) is 0 Å². The Bertz CT molecular complexity index is 1540. The van der Waals surface area contributed by atoms with Gasteiger partial charge in [-0.3, -0.25) is 9.36 Å². The van der Waals surface area contributed by atoms with Gasteiger partial charge < -0.3 is 9.26 Å². The molecule has 5 aromatic rings. The molecule has 8 heteroatoms. The van der Waals surface area contributed by atoms with Crippen molar-refractivity contribution in [1.29, 1.82) is 0 Å². The van der Waals surface area contributed by atoms with Gasteiger partial charge in [0.2, 0.25) is 11.7 Å². The first kappa shape index (κ1) is 21.9. The molecule has 0 fully saturated rings. The predicted molar refractivity (Wildman–Crippen MR) is 133 cm³/mol. The van der Waals surface area contributed by atoms with E-state index in [1.807, 2.05) is 74.5 Å². The molecule has 0 aliphatic carbocycles. The number of hydrogen-bond donors (Lipinski definition) is 0. The second-order valence-corrected chi connectivity index (χ2v) is 8.74. The summed E-state index contributed by atoms with van der Waals surface area (Å²) >= 11 is 1.38. The van der Waals surface area contributed by atoms with Crippen LogP contribution in [-0.4, -0.2) is 26.8 Å². The van der Waals surface area contributed by atoms with Gasteiger partial charge in [-0.05, 0) is 49.2 Å². The number of aromatic nitrogens is 4. The number of hydrogen-bond acceptors (Lipinski definition) is 7. The van der Waals surface area contributed by atoms with Gasteiger partial charge in [0.15, 0.2) is 5.16 Å². The van der Waals surface area contributed by atoms with Crippen molar-refractivity contribution in [3.8, 4) is 22.8 Å². The first-order valence-electron chi connectivity index (χ1n) is 10.7. The standard InChI is InChI=1S/C26H22N4O3S/c1-16-9-8-10-17(2)23(16)30-25(31)18-11-4-6-13-20(18)27-26(30)34-15-22-28-24(29-33-22)19-12-5-7-14-21(19)32-3/h4-14H,15H2,1-3H3. The Kier molecular flexibility index (Phi) is 5.90. The highest BCUT2D eigenvalue weighted by Gasteiger charge is 2.18. The fraction of sp³-hybridized carbons (Fsp3) is 0.154. The third kappa shape index (κ3) is 3.97. The van der Waals surface area contributed by atoms with Gasteiger partial charge in [-0.1, -0.05) is 59.4 Å². The van der Waals surface area contributed by atoms with Crippen LogP contribution in [0, 0.1) is 13.8 Å². The lowest BCUT2D eigenvalue weighted by Gasteiger charge is -2.16. The summed E-state index contributed by atoms with van der Waals surface area (Å²) in [6, 6.07) is 20.9. The normalized spacial score (nSPS) is 11.1. The van der Waals surface area contributed by atoms with Crippen molar-refractivity contribution in [2.45, 2.75) is 24.8 Å². The molecule has 0 N–H and O–H groups in total. The lowest BCUT2D eigenvalue weighted by molar-refractivity contribution is 0.390.